The van der Waals surface area contributed by atoms with Crippen molar-refractivity contribution < 1.29 is 9.90 Å². The Balaban J connectivity index is 1.13. The summed E-state index contributed by atoms with van der Waals surface area (Å²) in [6.45, 7) is 20.4. The van der Waals surface area contributed by atoms with Crippen molar-refractivity contribution >= 4 is 17.2 Å². The van der Waals surface area contributed by atoms with Gasteiger partial charge in [-0.05, 0) is 147 Å². The fraction of sp³-hybridized carbons (Fsp3) is 0.756. The molecule has 256 valence electrons. The highest BCUT2D eigenvalue weighted by Crippen LogP contribution is 2.77. The van der Waals surface area contributed by atoms with E-state index in [4.69, 9.17) is 4.98 Å². The van der Waals surface area contributed by atoms with Crippen molar-refractivity contribution in [3.05, 3.63) is 41.7 Å². The SMILES string of the molecule is C=C(C)[C@@H]1CC[C@]2(C(=O)N3CCC[C@H]3c3ncc(-c4cccs4)[nH]3)CC[C@]3(C)[C@H](CC[C@@H]4[C@@]5(C)CC[C@H](O)C(C)(C)[C@@H]5CC[C@]43C)C12. The van der Waals surface area contributed by atoms with E-state index in [9.17, 15) is 5.11 Å². The van der Waals surface area contributed by atoms with Crippen molar-refractivity contribution in [3.8, 4) is 10.6 Å². The lowest BCUT2D eigenvalue weighted by Gasteiger charge is -2.73. The van der Waals surface area contributed by atoms with Gasteiger partial charge in [0.25, 0.3) is 0 Å². The molecule has 0 bridgehead atoms. The van der Waals surface area contributed by atoms with Gasteiger partial charge in [0.15, 0.2) is 0 Å². The number of rotatable bonds is 4. The maximum absolute atomic E-state index is 15.3. The summed E-state index contributed by atoms with van der Waals surface area (Å²) in [5.41, 5.74) is 2.76. The van der Waals surface area contributed by atoms with Gasteiger partial charge in [0, 0.05) is 6.54 Å². The number of aliphatic hydroxyl groups is 1. The monoisotopic (exact) mass is 657 g/mol. The number of carbonyl (C=O) groups excluding carboxylic acids is 1. The molecule has 6 aliphatic rings. The lowest BCUT2D eigenvalue weighted by atomic mass is 9.32. The molecule has 1 aliphatic heterocycles. The van der Waals surface area contributed by atoms with E-state index in [-0.39, 0.29) is 39.2 Å². The highest BCUT2D eigenvalue weighted by atomic mass is 32.1. The minimum absolute atomic E-state index is 0.0263. The van der Waals surface area contributed by atoms with Crippen molar-refractivity contribution in [3.63, 3.8) is 0 Å². The summed E-state index contributed by atoms with van der Waals surface area (Å²) in [5.74, 6) is 3.98. The number of H-pyrrole nitrogens is 1. The third-order valence-electron chi connectivity index (χ3n) is 16.7. The Kier molecular flexibility index (Phi) is 7.41. The molecule has 2 N–H and O–H groups in total. The zero-order chi connectivity index (χ0) is 33.1. The number of thiophene rings is 1. The molecular weight excluding hydrogens is 599 g/mol. The van der Waals surface area contributed by atoms with Gasteiger partial charge in [0.2, 0.25) is 5.91 Å². The first-order valence-corrected chi connectivity index (χ1v) is 19.9. The molecule has 0 aromatic carbocycles. The number of allylic oxidation sites excluding steroid dienone is 1. The molecule has 8 rings (SSSR count). The van der Waals surface area contributed by atoms with E-state index in [1.807, 2.05) is 6.20 Å². The van der Waals surface area contributed by atoms with Gasteiger partial charge in [-0.15, -0.1) is 11.3 Å². The Hall–Kier alpha value is -1.92. The lowest BCUT2D eigenvalue weighted by Crippen LogP contribution is -2.67. The zero-order valence-corrected chi connectivity index (χ0v) is 30.7. The van der Waals surface area contributed by atoms with Crippen LogP contribution < -0.4 is 0 Å². The molecule has 1 amide bonds. The van der Waals surface area contributed by atoms with Crippen LogP contribution in [0.3, 0.4) is 0 Å². The van der Waals surface area contributed by atoms with Crippen LogP contribution in [0, 0.1) is 56.7 Å². The van der Waals surface area contributed by atoms with Crippen LogP contribution in [0.2, 0.25) is 0 Å². The fourth-order valence-electron chi connectivity index (χ4n) is 14.1. The van der Waals surface area contributed by atoms with Crippen LogP contribution >= 0.6 is 11.3 Å². The predicted octanol–water partition coefficient (Wildman–Crippen LogP) is 9.82. The Morgan fingerprint density at radius 3 is 2.53 bits per heavy atom. The summed E-state index contributed by atoms with van der Waals surface area (Å²) in [7, 11) is 0. The summed E-state index contributed by atoms with van der Waals surface area (Å²) in [6.07, 6.45) is 15.2. The fourth-order valence-corrected chi connectivity index (χ4v) is 14.8. The van der Waals surface area contributed by atoms with Crippen LogP contribution in [0.1, 0.15) is 130 Å². The maximum Gasteiger partial charge on any atom is 0.229 e. The predicted molar refractivity (Wildman–Crippen MR) is 191 cm³/mol. The smallest absolute Gasteiger partial charge is 0.229 e. The average Bonchev–Trinajstić information content (AvgIpc) is 3.85. The average molecular weight is 658 g/mol. The normalized spacial score (nSPS) is 45.5. The maximum atomic E-state index is 15.3. The molecule has 1 saturated heterocycles. The number of aromatic amines is 1. The number of fused-ring (bicyclic) bond motifs is 7. The Morgan fingerprint density at radius 2 is 1.79 bits per heavy atom. The number of likely N-dealkylation sites (tertiary alicyclic amines) is 1. The molecule has 2 aromatic heterocycles. The number of imidazole rings is 1. The molecule has 47 heavy (non-hydrogen) atoms. The van der Waals surface area contributed by atoms with E-state index in [0.717, 1.165) is 69.4 Å². The highest BCUT2D eigenvalue weighted by molar-refractivity contribution is 7.13. The third-order valence-corrected chi connectivity index (χ3v) is 17.6. The molecule has 2 aromatic rings. The summed E-state index contributed by atoms with van der Waals surface area (Å²) in [6, 6.07) is 4.26. The second kappa shape index (κ2) is 10.8. The lowest BCUT2D eigenvalue weighted by molar-refractivity contribution is -0.247. The Bertz CT molecular complexity index is 1540. The summed E-state index contributed by atoms with van der Waals surface area (Å²) < 4.78 is 0. The van der Waals surface area contributed by atoms with E-state index < -0.39 is 0 Å². The van der Waals surface area contributed by atoms with Gasteiger partial charge in [-0.1, -0.05) is 52.8 Å². The third kappa shape index (κ3) is 4.28. The van der Waals surface area contributed by atoms with Gasteiger partial charge in [0.1, 0.15) is 5.82 Å². The second-order valence-electron chi connectivity index (χ2n) is 18.5. The van der Waals surface area contributed by atoms with E-state index >= 15 is 4.79 Å². The van der Waals surface area contributed by atoms with Crippen molar-refractivity contribution in [2.45, 2.75) is 131 Å². The number of carbonyl (C=O) groups is 1. The molecule has 0 radical (unpaired) electrons. The minimum Gasteiger partial charge on any atom is -0.393 e. The minimum atomic E-state index is -0.291. The van der Waals surface area contributed by atoms with Crippen LogP contribution in [0.5, 0.6) is 0 Å². The number of hydrogen-bond donors (Lipinski definition) is 2. The van der Waals surface area contributed by atoms with Gasteiger partial charge in [-0.2, -0.15) is 0 Å². The van der Waals surface area contributed by atoms with Gasteiger partial charge < -0.3 is 15.0 Å². The van der Waals surface area contributed by atoms with E-state index in [2.05, 4.69) is 75.5 Å². The van der Waals surface area contributed by atoms with Crippen LogP contribution in [0.4, 0.5) is 0 Å². The first-order valence-electron chi connectivity index (χ1n) is 19.0. The quantitative estimate of drug-likeness (QED) is 0.322. The second-order valence-corrected chi connectivity index (χ2v) is 19.5. The van der Waals surface area contributed by atoms with Gasteiger partial charge in [-0.25, -0.2) is 4.98 Å². The van der Waals surface area contributed by atoms with Gasteiger partial charge in [0.05, 0.1) is 34.3 Å². The number of hydrogen-bond acceptors (Lipinski definition) is 4. The number of nitrogens with one attached hydrogen (secondary N) is 1. The molecule has 5 saturated carbocycles. The molecule has 6 fully saturated rings. The van der Waals surface area contributed by atoms with Gasteiger partial charge >= 0.3 is 0 Å². The van der Waals surface area contributed by atoms with Gasteiger partial charge in [-0.3, -0.25) is 4.79 Å². The first kappa shape index (κ1) is 32.3. The van der Waals surface area contributed by atoms with Crippen LogP contribution in [0.25, 0.3) is 10.6 Å². The van der Waals surface area contributed by atoms with Crippen molar-refractivity contribution in [2.24, 2.45) is 56.7 Å². The first-order chi connectivity index (χ1) is 22.3. The van der Waals surface area contributed by atoms with Crippen LogP contribution in [0.15, 0.2) is 35.9 Å². The van der Waals surface area contributed by atoms with E-state index in [1.165, 1.54) is 36.1 Å². The summed E-state index contributed by atoms with van der Waals surface area (Å²) in [4.78, 5) is 27.3. The van der Waals surface area contributed by atoms with Crippen molar-refractivity contribution in [1.82, 2.24) is 14.9 Å². The van der Waals surface area contributed by atoms with E-state index in [0.29, 0.717) is 35.5 Å². The molecule has 11 atom stereocenters. The van der Waals surface area contributed by atoms with Crippen LogP contribution in [-0.2, 0) is 4.79 Å². The molecule has 5 nitrogen and oxygen atoms in total. The Labute approximate surface area is 287 Å². The van der Waals surface area contributed by atoms with Crippen molar-refractivity contribution in [1.29, 1.82) is 0 Å². The molecule has 6 heteroatoms. The van der Waals surface area contributed by atoms with Crippen molar-refractivity contribution in [2.75, 3.05) is 6.54 Å². The summed E-state index contributed by atoms with van der Waals surface area (Å²) >= 11 is 1.73. The zero-order valence-electron chi connectivity index (χ0n) is 29.9. The van der Waals surface area contributed by atoms with E-state index in [1.54, 1.807) is 11.3 Å². The standard InChI is InChI=1S/C41H59N3O2S/c1-25(2)26-14-19-41(36(46)44-22-8-10-29(44)35-42-24-28(43-35)30-11-9-23-47-30)21-20-39(6)27(34(26)41)12-13-32-38(5)17-16-33(45)37(3,4)31(38)15-18-40(32,39)7/h9,11,23-24,26-27,29,31-34,45H,1,8,10,12-22H2,2-7H3,(H,42,43)/t26-,27+,29-,31-,32+,33-,34?,38-,39+,40+,41-/m0/s1. The number of amides is 1. The summed E-state index contributed by atoms with van der Waals surface area (Å²) in [5, 5.41) is 13.2. The molecular formula is C41H59N3O2S. The Morgan fingerprint density at radius 1 is 0.979 bits per heavy atom. The largest absolute Gasteiger partial charge is 0.393 e. The number of nitrogens with zero attached hydrogens (tertiary/aromatic N) is 2. The molecule has 5 aliphatic carbocycles. The highest BCUT2D eigenvalue weighted by Gasteiger charge is 2.72. The topological polar surface area (TPSA) is 69.2 Å². The molecule has 1 unspecified atom stereocenters. The molecule has 3 heterocycles. The molecule has 0 spiro atoms. The number of aromatic nitrogens is 2. The van der Waals surface area contributed by atoms with Crippen LogP contribution in [-0.4, -0.2) is 38.5 Å². The number of aliphatic hydroxyl groups excluding tert-OH is 1.